The largest absolute Gasteiger partial charge is 0.391 e. The van der Waals surface area contributed by atoms with Gasteiger partial charge in [-0.05, 0) is 60.4 Å². The van der Waals surface area contributed by atoms with Gasteiger partial charge in [0.15, 0.2) is 0 Å². The minimum Gasteiger partial charge on any atom is -0.391 e. The van der Waals surface area contributed by atoms with Crippen molar-refractivity contribution in [3.05, 3.63) is 0 Å². The maximum absolute atomic E-state index is 13.3. The predicted molar refractivity (Wildman–Crippen MR) is 251 cm³/mol. The number of primary amides is 2. The maximum atomic E-state index is 13.3. The van der Waals surface area contributed by atoms with Crippen molar-refractivity contribution in [2.75, 3.05) is 18.1 Å². The molecule has 0 bridgehead atoms. The third-order valence-corrected chi connectivity index (χ3v) is 10.6. The number of carbonyl (C=O) groups is 12. The monoisotopic (exact) mass is 1020 g/mol. The molecular weight excluding hydrogens is 955 g/mol. The number of rotatable bonds is 33. The van der Waals surface area contributed by atoms with Crippen LogP contribution in [-0.4, -0.2) is 183 Å². The van der Waals surface area contributed by atoms with Crippen molar-refractivity contribution in [3.63, 3.8) is 0 Å². The Morgan fingerprint density at radius 3 is 1.28 bits per heavy atom. The van der Waals surface area contributed by atoms with Crippen LogP contribution in [0.2, 0.25) is 0 Å². The zero-order valence-electron chi connectivity index (χ0n) is 38.9. The molecule has 0 heterocycles. The molecule has 11 amide bonds. The number of nitrogens with one attached hydrogen (secondary N) is 9. The smallest absolute Gasteiger partial charge is 0.245 e. The molecule has 20 N–H and O–H groups in total. The van der Waals surface area contributed by atoms with Crippen LogP contribution in [-0.2, 0) is 57.5 Å². The summed E-state index contributed by atoms with van der Waals surface area (Å²) < 4.78 is 0. The number of hydrogen-bond donors (Lipinski definition) is 18. The minimum absolute atomic E-state index is 0.153. The van der Waals surface area contributed by atoms with Crippen LogP contribution in [0.3, 0.4) is 0 Å². The fourth-order valence-electron chi connectivity index (χ4n) is 5.77. The number of aliphatic hydroxyl groups excluding tert-OH is 3. The van der Waals surface area contributed by atoms with Gasteiger partial charge in [0.2, 0.25) is 65.0 Å². The van der Waals surface area contributed by atoms with Crippen molar-refractivity contribution in [3.8, 4) is 0 Å². The van der Waals surface area contributed by atoms with Gasteiger partial charge in [-0.25, -0.2) is 0 Å². The van der Waals surface area contributed by atoms with E-state index in [9.17, 15) is 72.9 Å². The van der Waals surface area contributed by atoms with E-state index in [0.29, 0.717) is 25.7 Å². The van der Waals surface area contributed by atoms with Gasteiger partial charge in [0.05, 0.1) is 36.8 Å². The molecule has 0 aromatic carbocycles. The van der Waals surface area contributed by atoms with Crippen LogP contribution in [0.15, 0.2) is 0 Å². The first-order valence-corrected chi connectivity index (χ1v) is 22.9. The second-order valence-corrected chi connectivity index (χ2v) is 16.7. The van der Waals surface area contributed by atoms with Gasteiger partial charge >= 0.3 is 0 Å². The lowest BCUT2D eigenvalue weighted by Gasteiger charge is -2.28. The Morgan fingerprint density at radius 2 is 0.870 bits per heavy atom. The lowest BCUT2D eigenvalue weighted by atomic mass is 10.1. The SMILES string of the molecule is C[C@H](NC(=O)[C@H](CS)NC(=O)[C@@H](NC(=O)[C@H](C)NC(=O)[C@@H](NC(=O)[C@H](CC(N)=O)NC(=O)[C@H](CS)NC(=O)[C@@H](N)CCCCN)[C@@H](C)O)[C@@H](C)O)C(=O)N[C@H](C(=O)N[C@H](C=O)CCC(N)=O)[C@@H](C)O. The fraction of sp³-hybridized carbons (Fsp3) is 0.692. The number of hydrogen-bond acceptors (Lipinski definition) is 19. The summed E-state index contributed by atoms with van der Waals surface area (Å²) in [7, 11) is 0. The third kappa shape index (κ3) is 23.5. The van der Waals surface area contributed by atoms with E-state index in [4.69, 9.17) is 22.9 Å². The quantitative estimate of drug-likeness (QED) is 0.0165. The Kier molecular flexibility index (Phi) is 29.6. The Hall–Kier alpha value is -5.66. The highest BCUT2D eigenvalue weighted by Gasteiger charge is 2.36. The Morgan fingerprint density at radius 1 is 0.493 bits per heavy atom. The normalized spacial score (nSPS) is 16.7. The van der Waals surface area contributed by atoms with Crippen molar-refractivity contribution in [2.45, 2.75) is 152 Å². The molecule has 0 saturated carbocycles. The lowest BCUT2D eigenvalue weighted by molar-refractivity contribution is -0.138. The molecule has 30 heteroatoms. The molecule has 0 aliphatic heterocycles. The summed E-state index contributed by atoms with van der Waals surface area (Å²) in [4.78, 5) is 152. The van der Waals surface area contributed by atoms with Gasteiger partial charge in [-0.1, -0.05) is 6.42 Å². The molecule has 69 heavy (non-hydrogen) atoms. The summed E-state index contributed by atoms with van der Waals surface area (Å²) >= 11 is 8.12. The van der Waals surface area contributed by atoms with E-state index in [1.165, 1.54) is 6.92 Å². The average Bonchev–Trinajstić information content (AvgIpc) is 3.26. The molecule has 28 nitrogen and oxygen atoms in total. The van der Waals surface area contributed by atoms with Crippen LogP contribution < -0.4 is 70.8 Å². The molecule has 0 unspecified atom stereocenters. The van der Waals surface area contributed by atoms with E-state index in [2.05, 4.69) is 73.1 Å². The summed E-state index contributed by atoms with van der Waals surface area (Å²) in [6, 6.07) is -15.0. The van der Waals surface area contributed by atoms with E-state index in [0.717, 1.165) is 27.7 Å². The average molecular weight is 1020 g/mol. The van der Waals surface area contributed by atoms with E-state index >= 15 is 0 Å². The van der Waals surface area contributed by atoms with Crippen LogP contribution >= 0.6 is 25.3 Å². The second kappa shape index (κ2) is 32.2. The molecular formula is C39H69N13O15S2. The van der Waals surface area contributed by atoms with Crippen LogP contribution in [0.4, 0.5) is 0 Å². The number of thiol groups is 2. The topological polar surface area (TPSA) is 478 Å². The molecule has 0 rings (SSSR count). The number of unbranched alkanes of at least 4 members (excludes halogenated alkanes) is 1. The molecule has 0 aliphatic carbocycles. The van der Waals surface area contributed by atoms with Crippen molar-refractivity contribution in [2.24, 2.45) is 22.9 Å². The van der Waals surface area contributed by atoms with E-state index in [-0.39, 0.29) is 25.0 Å². The molecule has 0 saturated heterocycles. The van der Waals surface area contributed by atoms with Gasteiger partial charge in [-0.2, -0.15) is 25.3 Å². The maximum Gasteiger partial charge on any atom is 0.245 e. The molecule has 392 valence electrons. The number of aldehydes is 1. The number of amides is 11. The van der Waals surface area contributed by atoms with Gasteiger partial charge in [0.25, 0.3) is 0 Å². The zero-order chi connectivity index (χ0) is 53.3. The summed E-state index contributed by atoms with van der Waals surface area (Å²) in [6.07, 6.45) is -4.29. The van der Waals surface area contributed by atoms with Crippen LogP contribution in [0.25, 0.3) is 0 Å². The molecule has 0 aromatic rings. The van der Waals surface area contributed by atoms with Crippen LogP contribution in [0, 0.1) is 0 Å². The lowest BCUT2D eigenvalue weighted by Crippen LogP contribution is -2.63. The van der Waals surface area contributed by atoms with Crippen molar-refractivity contribution in [1.29, 1.82) is 0 Å². The Bertz CT molecular complexity index is 1810. The first kappa shape index (κ1) is 63.3. The minimum atomic E-state index is -1.84. The highest BCUT2D eigenvalue weighted by Crippen LogP contribution is 2.05. The van der Waals surface area contributed by atoms with E-state index in [1.54, 1.807) is 0 Å². The highest BCUT2D eigenvalue weighted by atomic mass is 32.1. The zero-order valence-corrected chi connectivity index (χ0v) is 40.7. The standard InChI is InChI=1S/C39H69N13O15S2/c1-16(31(59)50-29(19(4)55)38(66)46-21(13-53)9-10-26(42)57)44-35(63)24(14-68)49-39(67)30(20(5)56)51-32(60)17(2)45-37(65)28(18(3)54)52-34(62)23(12-27(43)58)47-36(64)25(15-69)48-33(61)22(41)8-6-7-11-40/h13,16-25,28-30,54-56,68-69H,6-12,14-15,40-41H2,1-5H3,(H2,42,57)(H2,43,58)(H,44,63)(H,45,65)(H,46,66)(H,47,64)(H,48,61)(H,49,67)(H,50,59)(H,51,60)(H,52,62)/t16-,17-,18+,19+,20+,21-,22-,23-,24-,25-,28-,29-,30-/m0/s1. The number of carbonyl (C=O) groups excluding carboxylic acids is 12. The summed E-state index contributed by atoms with van der Waals surface area (Å²) in [5.41, 5.74) is 21.7. The number of aliphatic hydroxyl groups is 3. The number of nitrogens with two attached hydrogens (primary N) is 4. The molecule has 0 aromatic heterocycles. The van der Waals surface area contributed by atoms with Gasteiger partial charge in [-0.15, -0.1) is 0 Å². The highest BCUT2D eigenvalue weighted by molar-refractivity contribution is 7.80. The summed E-state index contributed by atoms with van der Waals surface area (Å²) in [5.74, 6) is -11.8. The van der Waals surface area contributed by atoms with Gasteiger partial charge in [0.1, 0.15) is 54.6 Å². The van der Waals surface area contributed by atoms with Crippen LogP contribution in [0.5, 0.6) is 0 Å². The molecule has 0 spiro atoms. The first-order chi connectivity index (χ1) is 32.1. The second-order valence-electron chi connectivity index (χ2n) is 16.0. The van der Waals surface area contributed by atoms with Crippen molar-refractivity contribution < 1.29 is 72.9 Å². The predicted octanol–water partition coefficient (Wildman–Crippen LogP) is -8.81. The van der Waals surface area contributed by atoms with Crippen LogP contribution in [0.1, 0.15) is 73.1 Å². The van der Waals surface area contributed by atoms with Crippen molar-refractivity contribution >= 4 is 96.5 Å². The Balaban J connectivity index is 5.79. The Labute approximate surface area is 409 Å². The molecule has 0 aliphatic rings. The molecule has 0 radical (unpaired) electrons. The van der Waals surface area contributed by atoms with Gasteiger partial charge < -0.3 is 90.9 Å². The fourth-order valence-corrected chi connectivity index (χ4v) is 6.28. The first-order valence-electron chi connectivity index (χ1n) is 21.6. The third-order valence-electron chi connectivity index (χ3n) is 9.86. The van der Waals surface area contributed by atoms with E-state index in [1.807, 2.05) is 0 Å². The molecule has 0 fully saturated rings. The van der Waals surface area contributed by atoms with E-state index < -0.39 is 156 Å². The van der Waals surface area contributed by atoms with Gasteiger partial charge in [0, 0.05) is 17.9 Å². The molecule has 13 atom stereocenters. The summed E-state index contributed by atoms with van der Waals surface area (Å²) in [6.45, 7) is 6.05. The summed E-state index contributed by atoms with van der Waals surface area (Å²) in [5, 5.41) is 51.3. The van der Waals surface area contributed by atoms with Crippen molar-refractivity contribution in [1.82, 2.24) is 47.9 Å². The van der Waals surface area contributed by atoms with Gasteiger partial charge in [-0.3, -0.25) is 52.7 Å².